The highest BCUT2D eigenvalue weighted by atomic mass is 16.6. The predicted octanol–water partition coefficient (Wildman–Crippen LogP) is 5.37. The average Bonchev–Trinajstić information content (AvgIpc) is 2.60. The van der Waals surface area contributed by atoms with Crippen molar-refractivity contribution in [3.63, 3.8) is 0 Å². The van der Waals surface area contributed by atoms with E-state index in [9.17, 15) is 4.79 Å². The number of rotatable bonds is 3. The average molecular weight is 306 g/mol. The fourth-order valence-corrected chi connectivity index (χ4v) is 4.97. The van der Waals surface area contributed by atoms with Gasteiger partial charge in [0.15, 0.2) is 0 Å². The summed E-state index contributed by atoms with van der Waals surface area (Å²) in [6, 6.07) is 0. The highest BCUT2D eigenvalue weighted by Gasteiger charge is 2.71. The monoisotopic (exact) mass is 306 g/mol. The Morgan fingerprint density at radius 3 is 2.05 bits per heavy atom. The van der Waals surface area contributed by atoms with Crippen LogP contribution in [0.25, 0.3) is 0 Å². The van der Waals surface area contributed by atoms with E-state index in [0.29, 0.717) is 5.92 Å². The smallest absolute Gasteiger partial charge is 0.312 e. The lowest BCUT2D eigenvalue weighted by Crippen LogP contribution is -2.25. The van der Waals surface area contributed by atoms with Gasteiger partial charge >= 0.3 is 5.97 Å². The van der Waals surface area contributed by atoms with Crippen molar-refractivity contribution in [2.75, 3.05) is 0 Å². The topological polar surface area (TPSA) is 26.3 Å². The second-order valence-electron chi connectivity index (χ2n) is 10.3. The van der Waals surface area contributed by atoms with E-state index < -0.39 is 0 Å². The van der Waals surface area contributed by atoms with Crippen molar-refractivity contribution >= 4 is 5.97 Å². The van der Waals surface area contributed by atoms with Crippen LogP contribution in [0.1, 0.15) is 75.2 Å². The van der Waals surface area contributed by atoms with Gasteiger partial charge in [-0.3, -0.25) is 4.79 Å². The maximum Gasteiger partial charge on any atom is 0.312 e. The predicted molar refractivity (Wildman–Crippen MR) is 91.5 cm³/mol. The van der Waals surface area contributed by atoms with E-state index in [1.807, 2.05) is 13.8 Å². The van der Waals surface area contributed by atoms with Crippen molar-refractivity contribution in [1.29, 1.82) is 0 Å². The zero-order valence-corrected chi connectivity index (χ0v) is 16.0. The largest absolute Gasteiger partial charge is 0.459 e. The van der Waals surface area contributed by atoms with Crippen LogP contribution >= 0.6 is 0 Å². The van der Waals surface area contributed by atoms with E-state index in [1.54, 1.807) is 0 Å². The molecule has 1 saturated carbocycles. The molecular formula is C20H34O2. The number of carbonyl (C=O) groups is 1. The Morgan fingerprint density at radius 2 is 1.68 bits per heavy atom. The minimum absolute atomic E-state index is 0.0241. The molecule has 1 heterocycles. The van der Waals surface area contributed by atoms with E-state index in [1.165, 1.54) is 5.57 Å². The van der Waals surface area contributed by atoms with Crippen LogP contribution in [0.15, 0.2) is 12.2 Å². The molecule has 0 amide bonds. The fraction of sp³-hybridized carbons (Fsp3) is 0.850. The molecule has 0 aromatic rings. The molecule has 1 aliphatic heterocycles. The number of esters is 1. The van der Waals surface area contributed by atoms with E-state index in [4.69, 9.17) is 4.74 Å². The Bertz CT molecular complexity index is 520. The summed E-state index contributed by atoms with van der Waals surface area (Å²) in [7, 11) is 0. The van der Waals surface area contributed by atoms with Gasteiger partial charge in [0, 0.05) is 6.42 Å². The van der Waals surface area contributed by atoms with Gasteiger partial charge in [-0.15, -0.1) is 0 Å². The summed E-state index contributed by atoms with van der Waals surface area (Å²) >= 11 is 0. The molecule has 3 unspecified atom stereocenters. The van der Waals surface area contributed by atoms with Gasteiger partial charge in [-0.2, -0.15) is 0 Å². The first-order valence-electron chi connectivity index (χ1n) is 8.51. The van der Waals surface area contributed by atoms with Crippen LogP contribution in [-0.2, 0) is 9.53 Å². The van der Waals surface area contributed by atoms with E-state index in [-0.39, 0.29) is 33.2 Å². The Balaban J connectivity index is 2.25. The Kier molecular flexibility index (Phi) is 3.51. The lowest BCUT2D eigenvalue weighted by atomic mass is 9.73. The van der Waals surface area contributed by atoms with Crippen molar-refractivity contribution in [1.82, 2.24) is 0 Å². The van der Waals surface area contributed by atoms with E-state index >= 15 is 0 Å². The second kappa shape index (κ2) is 4.39. The number of hydrogen-bond acceptors (Lipinski definition) is 2. The third kappa shape index (κ3) is 2.34. The maximum atomic E-state index is 12.4. The molecular weight excluding hydrogens is 272 g/mol. The fourth-order valence-electron chi connectivity index (χ4n) is 4.97. The number of hydrogen-bond donors (Lipinski definition) is 0. The summed E-state index contributed by atoms with van der Waals surface area (Å²) in [4.78, 5) is 12.4. The van der Waals surface area contributed by atoms with Gasteiger partial charge in [0.05, 0.1) is 5.41 Å². The van der Waals surface area contributed by atoms with Gasteiger partial charge in [-0.1, -0.05) is 53.7 Å². The van der Waals surface area contributed by atoms with Gasteiger partial charge in [0.25, 0.3) is 0 Å². The first-order chi connectivity index (χ1) is 9.58. The van der Waals surface area contributed by atoms with Crippen LogP contribution in [0.2, 0.25) is 0 Å². The van der Waals surface area contributed by atoms with Crippen LogP contribution in [0.4, 0.5) is 0 Å². The Labute approximate surface area is 136 Å². The quantitative estimate of drug-likeness (QED) is 0.517. The molecule has 2 heteroatoms. The van der Waals surface area contributed by atoms with Crippen LogP contribution < -0.4 is 0 Å². The van der Waals surface area contributed by atoms with E-state index in [2.05, 4.69) is 55.0 Å². The highest BCUT2D eigenvalue weighted by Crippen LogP contribution is 2.76. The first kappa shape index (κ1) is 17.6. The lowest BCUT2D eigenvalue weighted by Gasteiger charge is -2.31. The van der Waals surface area contributed by atoms with E-state index in [0.717, 1.165) is 12.8 Å². The number of cyclic esters (lactones) is 1. The SMILES string of the molecule is C=C(C(C)(C)C)C1(C)C(CC2(C)CC(C)(C)OC2=O)C1(C)C. The molecule has 0 radical (unpaired) electrons. The number of carbonyl (C=O) groups excluding carboxylic acids is 1. The molecule has 0 aromatic carbocycles. The van der Waals surface area contributed by atoms with Crippen molar-refractivity contribution in [2.24, 2.45) is 27.6 Å². The summed E-state index contributed by atoms with van der Waals surface area (Å²) in [5.41, 5.74) is 0.999. The van der Waals surface area contributed by atoms with Crippen molar-refractivity contribution in [2.45, 2.75) is 80.8 Å². The lowest BCUT2D eigenvalue weighted by molar-refractivity contribution is -0.152. The van der Waals surface area contributed by atoms with Crippen LogP contribution in [0.5, 0.6) is 0 Å². The molecule has 1 aliphatic carbocycles. The standard InChI is InChI=1S/C20H34O2/c1-13(16(2,3)4)20(10)14(18(20,7)8)11-19(9)12-17(5,6)22-15(19)21/h14H,1,11-12H2,2-10H3. The summed E-state index contributed by atoms with van der Waals surface area (Å²) in [6.07, 6.45) is 1.71. The number of ether oxygens (including phenoxy) is 1. The van der Waals surface area contributed by atoms with Crippen molar-refractivity contribution in [3.05, 3.63) is 12.2 Å². The van der Waals surface area contributed by atoms with Crippen molar-refractivity contribution < 1.29 is 9.53 Å². The zero-order valence-electron chi connectivity index (χ0n) is 16.0. The van der Waals surface area contributed by atoms with Gasteiger partial charge in [0.2, 0.25) is 0 Å². The molecule has 2 rings (SSSR count). The maximum absolute atomic E-state index is 12.4. The molecule has 3 atom stereocenters. The van der Waals surface area contributed by atoms with Crippen molar-refractivity contribution in [3.8, 4) is 0 Å². The normalized spacial score (nSPS) is 39.5. The number of allylic oxidation sites excluding steroid dienone is 1. The molecule has 22 heavy (non-hydrogen) atoms. The molecule has 0 N–H and O–H groups in total. The first-order valence-corrected chi connectivity index (χ1v) is 8.51. The van der Waals surface area contributed by atoms with Gasteiger partial charge in [0.1, 0.15) is 5.60 Å². The van der Waals surface area contributed by atoms with Gasteiger partial charge < -0.3 is 4.74 Å². The molecule has 2 fully saturated rings. The zero-order chi connectivity index (χ0) is 17.4. The minimum atomic E-state index is -0.360. The highest BCUT2D eigenvalue weighted by molar-refractivity contribution is 5.79. The summed E-state index contributed by atoms with van der Waals surface area (Å²) in [5.74, 6) is 0.460. The minimum Gasteiger partial charge on any atom is -0.459 e. The Morgan fingerprint density at radius 1 is 1.18 bits per heavy atom. The summed E-state index contributed by atoms with van der Waals surface area (Å²) in [5, 5.41) is 0. The van der Waals surface area contributed by atoms with Crippen LogP contribution in [0.3, 0.4) is 0 Å². The third-order valence-corrected chi connectivity index (χ3v) is 6.69. The molecule has 2 aliphatic rings. The van der Waals surface area contributed by atoms with Crippen LogP contribution in [0, 0.1) is 27.6 Å². The molecule has 2 nitrogen and oxygen atoms in total. The summed E-state index contributed by atoms with van der Waals surface area (Å²) in [6.45, 7) is 24.2. The molecule has 126 valence electrons. The Hall–Kier alpha value is -0.790. The van der Waals surface area contributed by atoms with Crippen LogP contribution in [-0.4, -0.2) is 11.6 Å². The summed E-state index contributed by atoms with van der Waals surface area (Å²) < 4.78 is 5.60. The molecule has 0 aromatic heterocycles. The molecule has 0 spiro atoms. The van der Waals surface area contributed by atoms with Gasteiger partial charge in [-0.05, 0) is 49.4 Å². The molecule has 1 saturated heterocycles. The second-order valence-corrected chi connectivity index (χ2v) is 10.3. The van der Waals surface area contributed by atoms with Gasteiger partial charge in [-0.25, -0.2) is 0 Å². The molecule has 0 bridgehead atoms. The third-order valence-electron chi connectivity index (χ3n) is 6.69.